The van der Waals surface area contributed by atoms with E-state index in [2.05, 4.69) is 15.2 Å². The number of hydrogen-bond donors (Lipinski definition) is 0. The predicted molar refractivity (Wildman–Crippen MR) is 81.6 cm³/mol. The lowest BCUT2D eigenvalue weighted by Gasteiger charge is -2.30. The fourth-order valence-electron chi connectivity index (χ4n) is 3.53. The summed E-state index contributed by atoms with van der Waals surface area (Å²) in [6, 6.07) is 0. The SMILES string of the molecule is Cc1noc(C2CCN(C(=O)[C@H]3C[C@@H]3c3cnn(C)c3)CC2)n1. The Bertz CT molecular complexity index is 714. The van der Waals surface area contributed by atoms with Gasteiger partial charge in [0.2, 0.25) is 11.8 Å². The number of aryl methyl sites for hydroxylation is 2. The first kappa shape index (κ1) is 14.4. The van der Waals surface area contributed by atoms with Crippen LogP contribution < -0.4 is 0 Å². The van der Waals surface area contributed by atoms with Crippen molar-refractivity contribution < 1.29 is 9.32 Å². The van der Waals surface area contributed by atoms with E-state index in [0.29, 0.717) is 23.5 Å². The Labute approximate surface area is 134 Å². The highest BCUT2D eigenvalue weighted by Gasteiger charge is 2.46. The van der Waals surface area contributed by atoms with Gasteiger partial charge in [0.15, 0.2) is 5.82 Å². The zero-order chi connectivity index (χ0) is 16.0. The molecule has 23 heavy (non-hydrogen) atoms. The molecule has 2 aromatic heterocycles. The van der Waals surface area contributed by atoms with Crippen molar-refractivity contribution in [3.05, 3.63) is 29.7 Å². The number of hydrogen-bond acceptors (Lipinski definition) is 5. The molecule has 2 fully saturated rings. The van der Waals surface area contributed by atoms with Crippen molar-refractivity contribution in [2.24, 2.45) is 13.0 Å². The Morgan fingerprint density at radius 3 is 2.74 bits per heavy atom. The van der Waals surface area contributed by atoms with Crippen molar-refractivity contribution in [3.8, 4) is 0 Å². The third kappa shape index (κ3) is 2.75. The van der Waals surface area contributed by atoms with Crippen LogP contribution in [0.4, 0.5) is 0 Å². The lowest BCUT2D eigenvalue weighted by molar-refractivity contribution is -0.133. The molecule has 2 atom stereocenters. The van der Waals surface area contributed by atoms with Crippen molar-refractivity contribution in [3.63, 3.8) is 0 Å². The van der Waals surface area contributed by atoms with E-state index in [1.54, 1.807) is 4.68 Å². The molecule has 7 nitrogen and oxygen atoms in total. The standard InChI is InChI=1S/C16H21N5O2/c1-10-18-15(23-19-10)11-3-5-21(6-4-11)16(22)14-7-13(14)12-8-17-20(2)9-12/h8-9,11,13-14H,3-7H2,1-2H3/t13-,14+/m1/s1. The van der Waals surface area contributed by atoms with E-state index < -0.39 is 0 Å². The fourth-order valence-corrected chi connectivity index (χ4v) is 3.53. The van der Waals surface area contributed by atoms with Crippen LogP contribution >= 0.6 is 0 Å². The largest absolute Gasteiger partial charge is 0.342 e. The second-order valence-corrected chi connectivity index (χ2v) is 6.68. The molecule has 122 valence electrons. The van der Waals surface area contributed by atoms with E-state index in [1.807, 2.05) is 31.3 Å². The van der Waals surface area contributed by atoms with Gasteiger partial charge in [-0.05, 0) is 37.7 Å². The molecule has 0 N–H and O–H groups in total. The second kappa shape index (κ2) is 5.47. The number of rotatable bonds is 3. The average molecular weight is 315 g/mol. The first-order valence-electron chi connectivity index (χ1n) is 8.19. The molecule has 1 saturated heterocycles. The zero-order valence-corrected chi connectivity index (χ0v) is 13.5. The number of amides is 1. The van der Waals surface area contributed by atoms with Crippen molar-refractivity contribution in [1.29, 1.82) is 0 Å². The molecule has 1 amide bonds. The van der Waals surface area contributed by atoms with Crippen LogP contribution in [0.3, 0.4) is 0 Å². The van der Waals surface area contributed by atoms with E-state index in [-0.39, 0.29) is 11.8 Å². The molecule has 0 spiro atoms. The molecule has 1 saturated carbocycles. The number of nitrogens with zero attached hydrogens (tertiary/aromatic N) is 5. The summed E-state index contributed by atoms with van der Waals surface area (Å²) in [6.07, 6.45) is 6.65. The third-order valence-corrected chi connectivity index (χ3v) is 4.96. The maximum atomic E-state index is 12.6. The second-order valence-electron chi connectivity index (χ2n) is 6.68. The Morgan fingerprint density at radius 2 is 2.13 bits per heavy atom. The van der Waals surface area contributed by atoms with Gasteiger partial charge in [0, 0.05) is 38.2 Å². The van der Waals surface area contributed by atoms with Gasteiger partial charge in [0.05, 0.1) is 6.20 Å². The number of carbonyl (C=O) groups excluding carboxylic acids is 1. The Balaban J connectivity index is 1.33. The quantitative estimate of drug-likeness (QED) is 0.860. The Morgan fingerprint density at radius 1 is 1.35 bits per heavy atom. The fraction of sp³-hybridized carbons (Fsp3) is 0.625. The number of likely N-dealkylation sites (tertiary alicyclic amines) is 1. The molecule has 0 aromatic carbocycles. The van der Waals surface area contributed by atoms with E-state index in [0.717, 1.165) is 32.4 Å². The minimum Gasteiger partial charge on any atom is -0.342 e. The summed E-state index contributed by atoms with van der Waals surface area (Å²) in [4.78, 5) is 19.0. The molecule has 7 heteroatoms. The van der Waals surface area contributed by atoms with Crippen LogP contribution in [0.2, 0.25) is 0 Å². The van der Waals surface area contributed by atoms with Gasteiger partial charge in [0.25, 0.3) is 0 Å². The molecular weight excluding hydrogens is 294 g/mol. The number of aromatic nitrogens is 4. The summed E-state index contributed by atoms with van der Waals surface area (Å²) in [5.74, 6) is 2.46. The lowest BCUT2D eigenvalue weighted by Crippen LogP contribution is -2.39. The van der Waals surface area contributed by atoms with E-state index in [4.69, 9.17) is 4.52 Å². The summed E-state index contributed by atoms with van der Waals surface area (Å²) in [7, 11) is 1.91. The van der Waals surface area contributed by atoms with Crippen LogP contribution in [0.5, 0.6) is 0 Å². The van der Waals surface area contributed by atoms with Crippen LogP contribution in [0, 0.1) is 12.8 Å². The van der Waals surface area contributed by atoms with Crippen LogP contribution in [-0.4, -0.2) is 43.8 Å². The molecule has 1 aliphatic heterocycles. The highest BCUT2D eigenvalue weighted by atomic mass is 16.5. The molecule has 4 rings (SSSR count). The Hall–Kier alpha value is -2.18. The Kier molecular flexibility index (Phi) is 3.43. The third-order valence-electron chi connectivity index (χ3n) is 4.96. The highest BCUT2D eigenvalue weighted by Crippen LogP contribution is 2.48. The predicted octanol–water partition coefficient (Wildman–Crippen LogP) is 1.62. The highest BCUT2D eigenvalue weighted by molar-refractivity contribution is 5.83. The zero-order valence-electron chi connectivity index (χ0n) is 13.5. The maximum absolute atomic E-state index is 12.6. The molecular formula is C16H21N5O2. The van der Waals surface area contributed by atoms with E-state index in [1.165, 1.54) is 5.56 Å². The monoisotopic (exact) mass is 315 g/mol. The van der Waals surface area contributed by atoms with Crippen molar-refractivity contribution >= 4 is 5.91 Å². The number of piperidine rings is 1. The summed E-state index contributed by atoms with van der Waals surface area (Å²) in [6.45, 7) is 3.39. The molecule has 1 aliphatic carbocycles. The first-order chi connectivity index (χ1) is 11.1. The summed E-state index contributed by atoms with van der Waals surface area (Å²) in [5.41, 5.74) is 1.18. The smallest absolute Gasteiger partial charge is 0.229 e. The van der Waals surface area contributed by atoms with Gasteiger partial charge in [-0.15, -0.1) is 0 Å². The van der Waals surface area contributed by atoms with Gasteiger partial charge in [-0.3, -0.25) is 9.48 Å². The van der Waals surface area contributed by atoms with Crippen molar-refractivity contribution in [1.82, 2.24) is 24.8 Å². The van der Waals surface area contributed by atoms with Gasteiger partial charge in [0.1, 0.15) is 0 Å². The minimum absolute atomic E-state index is 0.140. The van der Waals surface area contributed by atoms with E-state index in [9.17, 15) is 4.79 Å². The summed E-state index contributed by atoms with van der Waals surface area (Å²) < 4.78 is 7.06. The van der Waals surface area contributed by atoms with Gasteiger partial charge >= 0.3 is 0 Å². The summed E-state index contributed by atoms with van der Waals surface area (Å²) >= 11 is 0. The van der Waals surface area contributed by atoms with Gasteiger partial charge in [-0.1, -0.05) is 5.16 Å². The lowest BCUT2D eigenvalue weighted by atomic mass is 9.96. The van der Waals surface area contributed by atoms with E-state index >= 15 is 0 Å². The maximum Gasteiger partial charge on any atom is 0.229 e. The van der Waals surface area contributed by atoms with Crippen LogP contribution in [0.15, 0.2) is 16.9 Å². The van der Waals surface area contributed by atoms with Gasteiger partial charge in [-0.25, -0.2) is 0 Å². The van der Waals surface area contributed by atoms with Crippen LogP contribution in [0.25, 0.3) is 0 Å². The molecule has 3 heterocycles. The van der Waals surface area contributed by atoms with Crippen LogP contribution in [0.1, 0.15) is 48.4 Å². The normalized spacial score (nSPS) is 24.9. The topological polar surface area (TPSA) is 77.0 Å². The first-order valence-corrected chi connectivity index (χ1v) is 8.19. The molecule has 2 aromatic rings. The van der Waals surface area contributed by atoms with Gasteiger partial charge < -0.3 is 9.42 Å². The molecule has 2 aliphatic rings. The van der Waals surface area contributed by atoms with Gasteiger partial charge in [-0.2, -0.15) is 10.1 Å². The van der Waals surface area contributed by atoms with Crippen molar-refractivity contribution in [2.45, 2.75) is 38.0 Å². The molecule has 0 unspecified atom stereocenters. The average Bonchev–Trinajstić information content (AvgIpc) is 3.05. The molecule has 0 bridgehead atoms. The van der Waals surface area contributed by atoms with Crippen LogP contribution in [-0.2, 0) is 11.8 Å². The number of carbonyl (C=O) groups is 1. The molecule has 0 radical (unpaired) electrons. The minimum atomic E-state index is 0.140. The summed E-state index contributed by atoms with van der Waals surface area (Å²) in [5, 5.41) is 8.05. The van der Waals surface area contributed by atoms with Crippen molar-refractivity contribution in [2.75, 3.05) is 13.1 Å².